The van der Waals surface area contributed by atoms with E-state index in [1.54, 1.807) is 0 Å². The highest BCUT2D eigenvalue weighted by atomic mass is 15.1. The molecule has 3 heteroatoms. The predicted octanol–water partition coefficient (Wildman–Crippen LogP) is 18.7. The van der Waals surface area contributed by atoms with Crippen LogP contribution in [0, 0.1) is 0 Å². The Labute approximate surface area is 412 Å². The summed E-state index contributed by atoms with van der Waals surface area (Å²) in [5.74, 6) is 0. The molecule has 0 saturated heterocycles. The van der Waals surface area contributed by atoms with Gasteiger partial charge in [0.1, 0.15) is 0 Å². The average molecular weight is 904 g/mol. The molecule has 332 valence electrons. The fraction of sp³-hybridized carbons (Fsp3) is 0. The minimum atomic E-state index is 1.10. The number of para-hydroxylation sites is 4. The van der Waals surface area contributed by atoms with Gasteiger partial charge < -0.3 is 14.0 Å². The quantitative estimate of drug-likeness (QED) is 0.148. The van der Waals surface area contributed by atoms with E-state index >= 15 is 0 Å². The Hall–Kier alpha value is -9.44. The molecule has 2 aromatic heterocycles. The predicted molar refractivity (Wildman–Crippen MR) is 301 cm³/mol. The summed E-state index contributed by atoms with van der Waals surface area (Å²) in [7, 11) is 0. The Morgan fingerprint density at radius 1 is 0.225 bits per heavy atom. The molecule has 0 N–H and O–H groups in total. The van der Waals surface area contributed by atoms with Gasteiger partial charge in [-0.05, 0) is 170 Å². The Morgan fingerprint density at radius 3 is 1.03 bits per heavy atom. The zero-order valence-electron chi connectivity index (χ0n) is 38.8. The van der Waals surface area contributed by atoms with Crippen molar-refractivity contribution in [3.63, 3.8) is 0 Å². The van der Waals surface area contributed by atoms with Gasteiger partial charge in [0.2, 0.25) is 0 Å². The van der Waals surface area contributed by atoms with Crippen LogP contribution in [0.4, 0.5) is 17.1 Å². The molecule has 0 amide bonds. The van der Waals surface area contributed by atoms with Crippen molar-refractivity contribution in [2.24, 2.45) is 0 Å². The SMILES string of the molecule is c1ccc(N(c2ccccc2)c2ccc(-c3cc(-c4ccc5c(c4)c4c6ccccc6ccc4n5-c4ccccc4)cc(-c4ccc5c(c4)c4c6ccccc6ccc4n5-c4ccccc4)c3)cc2)cc1. The number of rotatable bonds is 8. The number of anilines is 3. The summed E-state index contributed by atoms with van der Waals surface area (Å²) in [6.45, 7) is 0. The lowest BCUT2D eigenvalue weighted by Crippen LogP contribution is -2.09. The molecule has 0 fully saturated rings. The summed E-state index contributed by atoms with van der Waals surface area (Å²) in [6.07, 6.45) is 0. The van der Waals surface area contributed by atoms with Crippen LogP contribution in [0.2, 0.25) is 0 Å². The van der Waals surface area contributed by atoms with Gasteiger partial charge in [0.05, 0.1) is 22.1 Å². The Balaban J connectivity index is 0.991. The average Bonchev–Trinajstić information content (AvgIpc) is 3.97. The number of nitrogens with zero attached hydrogens (tertiary/aromatic N) is 3. The Kier molecular flexibility index (Phi) is 9.53. The minimum Gasteiger partial charge on any atom is -0.311 e. The van der Waals surface area contributed by atoms with Crippen LogP contribution >= 0.6 is 0 Å². The molecule has 0 saturated carbocycles. The third-order valence-electron chi connectivity index (χ3n) is 14.4. The zero-order valence-corrected chi connectivity index (χ0v) is 38.8. The van der Waals surface area contributed by atoms with Gasteiger partial charge in [-0.15, -0.1) is 0 Å². The van der Waals surface area contributed by atoms with Crippen molar-refractivity contribution in [3.05, 3.63) is 273 Å². The highest BCUT2D eigenvalue weighted by molar-refractivity contribution is 6.23. The first-order valence-electron chi connectivity index (χ1n) is 24.4. The van der Waals surface area contributed by atoms with Gasteiger partial charge in [0, 0.05) is 50.0 Å². The smallest absolute Gasteiger partial charge is 0.0547 e. The molecule has 2 heterocycles. The fourth-order valence-electron chi connectivity index (χ4n) is 11.2. The lowest BCUT2D eigenvalue weighted by atomic mass is 9.92. The van der Waals surface area contributed by atoms with Crippen molar-refractivity contribution in [3.8, 4) is 44.8 Å². The standard InChI is InChI=1S/C68H45N3/c1-5-19-54(20-6-1)69(55-21-7-2-8-22-55)58-35-29-46(30-36-58)51-41-52(49-33-37-63-61(44-49)67-59-27-15-13-17-47(59)31-39-65(67)70(63)56-23-9-3-10-24-56)43-53(42-51)50-34-38-64-62(45-50)68-60-28-16-14-18-48(60)32-40-66(68)71(64)57-25-11-4-12-26-57/h1-45H. The van der Waals surface area contributed by atoms with E-state index in [-0.39, 0.29) is 0 Å². The van der Waals surface area contributed by atoms with Crippen molar-refractivity contribution in [1.82, 2.24) is 9.13 Å². The van der Waals surface area contributed by atoms with E-state index in [2.05, 4.69) is 287 Å². The second kappa shape index (κ2) is 16.7. The molecule has 71 heavy (non-hydrogen) atoms. The van der Waals surface area contributed by atoms with Crippen LogP contribution in [0.25, 0.3) is 110 Å². The molecule has 0 spiro atoms. The van der Waals surface area contributed by atoms with Gasteiger partial charge in [-0.25, -0.2) is 0 Å². The summed E-state index contributed by atoms with van der Waals surface area (Å²) >= 11 is 0. The van der Waals surface area contributed by atoms with E-state index in [4.69, 9.17) is 0 Å². The number of hydrogen-bond donors (Lipinski definition) is 0. The second-order valence-electron chi connectivity index (χ2n) is 18.5. The topological polar surface area (TPSA) is 13.1 Å². The first-order chi connectivity index (χ1) is 35.2. The van der Waals surface area contributed by atoms with Crippen LogP contribution in [0.5, 0.6) is 0 Å². The van der Waals surface area contributed by atoms with Crippen LogP contribution in [0.15, 0.2) is 273 Å². The van der Waals surface area contributed by atoms with E-state index < -0.39 is 0 Å². The molecule has 0 aliphatic heterocycles. The molecule has 0 radical (unpaired) electrons. The van der Waals surface area contributed by atoms with Crippen molar-refractivity contribution in [2.45, 2.75) is 0 Å². The van der Waals surface area contributed by atoms with Gasteiger partial charge in [-0.3, -0.25) is 0 Å². The summed E-state index contributed by atoms with van der Waals surface area (Å²) in [5, 5.41) is 9.99. The highest BCUT2D eigenvalue weighted by Gasteiger charge is 2.20. The number of benzene rings is 12. The van der Waals surface area contributed by atoms with E-state index in [1.165, 1.54) is 76.3 Å². The van der Waals surface area contributed by atoms with Crippen molar-refractivity contribution in [2.75, 3.05) is 4.90 Å². The van der Waals surface area contributed by atoms with Gasteiger partial charge in [-0.1, -0.05) is 158 Å². The largest absolute Gasteiger partial charge is 0.311 e. The second-order valence-corrected chi connectivity index (χ2v) is 18.5. The minimum absolute atomic E-state index is 1.10. The Bertz CT molecular complexity index is 4050. The third-order valence-corrected chi connectivity index (χ3v) is 14.4. The summed E-state index contributed by atoms with van der Waals surface area (Å²) in [4.78, 5) is 2.32. The summed E-state index contributed by atoms with van der Waals surface area (Å²) < 4.78 is 4.84. The monoisotopic (exact) mass is 903 g/mol. The maximum atomic E-state index is 2.43. The molecule has 12 aromatic carbocycles. The van der Waals surface area contributed by atoms with Gasteiger partial charge in [0.15, 0.2) is 0 Å². The summed E-state index contributed by atoms with van der Waals surface area (Å²) in [5.41, 5.74) is 17.4. The highest BCUT2D eigenvalue weighted by Crippen LogP contribution is 2.43. The first-order valence-corrected chi connectivity index (χ1v) is 24.4. The van der Waals surface area contributed by atoms with Crippen molar-refractivity contribution >= 4 is 82.2 Å². The maximum Gasteiger partial charge on any atom is 0.0547 e. The molecular weight excluding hydrogens is 859 g/mol. The Morgan fingerprint density at radius 2 is 0.577 bits per heavy atom. The molecule has 0 atom stereocenters. The molecular formula is C68H45N3. The fourth-order valence-corrected chi connectivity index (χ4v) is 11.2. The maximum absolute atomic E-state index is 2.43. The molecule has 0 bridgehead atoms. The van der Waals surface area contributed by atoms with Crippen LogP contribution in [-0.4, -0.2) is 9.13 Å². The molecule has 0 unspecified atom stereocenters. The van der Waals surface area contributed by atoms with Gasteiger partial charge >= 0.3 is 0 Å². The molecule has 0 aliphatic carbocycles. The molecule has 14 aromatic rings. The van der Waals surface area contributed by atoms with Crippen LogP contribution in [0.1, 0.15) is 0 Å². The van der Waals surface area contributed by atoms with Crippen molar-refractivity contribution in [1.29, 1.82) is 0 Å². The molecule has 3 nitrogen and oxygen atoms in total. The molecule has 0 aliphatic rings. The third kappa shape index (κ3) is 6.82. The number of hydrogen-bond acceptors (Lipinski definition) is 1. The van der Waals surface area contributed by atoms with Crippen LogP contribution in [-0.2, 0) is 0 Å². The summed E-state index contributed by atoms with van der Waals surface area (Å²) in [6, 6.07) is 99.8. The van der Waals surface area contributed by atoms with E-state index in [0.29, 0.717) is 0 Å². The van der Waals surface area contributed by atoms with E-state index in [0.717, 1.165) is 50.7 Å². The number of aromatic nitrogens is 2. The van der Waals surface area contributed by atoms with E-state index in [1.807, 2.05) is 0 Å². The van der Waals surface area contributed by atoms with Crippen molar-refractivity contribution < 1.29 is 0 Å². The molecule has 14 rings (SSSR count). The zero-order chi connectivity index (χ0) is 46.8. The van der Waals surface area contributed by atoms with Gasteiger partial charge in [0.25, 0.3) is 0 Å². The number of fused-ring (bicyclic) bond motifs is 10. The van der Waals surface area contributed by atoms with Crippen LogP contribution < -0.4 is 4.90 Å². The first kappa shape index (κ1) is 40.6. The normalized spacial score (nSPS) is 11.7. The lowest BCUT2D eigenvalue weighted by Gasteiger charge is -2.25. The van der Waals surface area contributed by atoms with Gasteiger partial charge in [-0.2, -0.15) is 0 Å². The van der Waals surface area contributed by atoms with E-state index in [9.17, 15) is 0 Å². The van der Waals surface area contributed by atoms with Crippen LogP contribution in [0.3, 0.4) is 0 Å². The lowest BCUT2D eigenvalue weighted by molar-refractivity contribution is 1.18.